The number of carbonyl (C=O) groups excluding carboxylic acids is 3. The zero-order chi connectivity index (χ0) is 74.1. The van der Waals surface area contributed by atoms with Crippen LogP contribution in [0.2, 0.25) is 10.0 Å². The lowest BCUT2D eigenvalue weighted by atomic mass is 9.78. The predicted molar refractivity (Wildman–Crippen MR) is 429 cm³/mol. The number of ketones is 2. The van der Waals surface area contributed by atoms with E-state index in [9.17, 15) is 24.9 Å². The number of rotatable bonds is 10. The Labute approximate surface area is 635 Å². The lowest BCUT2D eigenvalue weighted by Gasteiger charge is -2.32. The molecule has 1 amide bonds. The molecule has 0 atom stereocenters. The zero-order valence-corrected chi connectivity index (χ0v) is 61.7. The minimum absolute atomic E-state index is 0. The summed E-state index contributed by atoms with van der Waals surface area (Å²) in [5.74, 6) is -0.451. The summed E-state index contributed by atoms with van der Waals surface area (Å²) in [5, 5.41) is 37.2. The number of hydrogen-bond donors (Lipinski definition) is 4. The van der Waals surface area contributed by atoms with Crippen LogP contribution in [0.1, 0.15) is 196 Å². The summed E-state index contributed by atoms with van der Waals surface area (Å²) in [5.41, 5.74) is 23.9. The van der Waals surface area contributed by atoms with Gasteiger partial charge in [-0.1, -0.05) is 93.1 Å². The van der Waals surface area contributed by atoms with Crippen LogP contribution in [-0.4, -0.2) is 118 Å². The van der Waals surface area contributed by atoms with Crippen molar-refractivity contribution in [2.24, 2.45) is 16.6 Å². The first-order chi connectivity index (χ1) is 48.9. The molecule has 9 aromatic rings. The molecular formula is C82H99BCl2N16O5. The van der Waals surface area contributed by atoms with Gasteiger partial charge in [0.2, 0.25) is 5.91 Å². The molecule has 0 spiro atoms. The third kappa shape index (κ3) is 19.8. The van der Waals surface area contributed by atoms with Gasteiger partial charge in [0.1, 0.15) is 17.1 Å². The van der Waals surface area contributed by atoms with E-state index in [2.05, 4.69) is 63.8 Å². The molecule has 5 aromatic carbocycles. The number of nitrogens with two attached hydrogens (primary N) is 2. The van der Waals surface area contributed by atoms with E-state index >= 15 is 0 Å². The van der Waals surface area contributed by atoms with Crippen molar-refractivity contribution in [3.05, 3.63) is 165 Å². The molecule has 4 aromatic heterocycles. The molecular weight excluding hydrogens is 1370 g/mol. The van der Waals surface area contributed by atoms with Crippen molar-refractivity contribution in [2.45, 2.75) is 154 Å². The van der Waals surface area contributed by atoms with E-state index < -0.39 is 23.9 Å². The quantitative estimate of drug-likeness (QED) is 0.0561. The Morgan fingerprint density at radius 2 is 0.934 bits per heavy atom. The highest BCUT2D eigenvalue weighted by molar-refractivity contribution is 6.62. The van der Waals surface area contributed by atoms with Crippen molar-refractivity contribution in [1.29, 1.82) is 21.0 Å². The molecule has 554 valence electrons. The van der Waals surface area contributed by atoms with Gasteiger partial charge in [0, 0.05) is 125 Å². The number of nitrogens with one attached hydrogen (secondary N) is 2. The highest BCUT2D eigenvalue weighted by atomic mass is 35.5. The van der Waals surface area contributed by atoms with E-state index in [1.54, 1.807) is 55.1 Å². The van der Waals surface area contributed by atoms with Gasteiger partial charge in [-0.3, -0.25) is 14.4 Å². The van der Waals surface area contributed by atoms with Gasteiger partial charge in [0.15, 0.2) is 22.9 Å². The zero-order valence-electron chi connectivity index (χ0n) is 60.2. The third-order valence-electron chi connectivity index (χ3n) is 19.0. The predicted octanol–water partition coefficient (Wildman–Crippen LogP) is 16.9. The van der Waals surface area contributed by atoms with Crippen molar-refractivity contribution < 1.29 is 23.7 Å². The van der Waals surface area contributed by atoms with Crippen LogP contribution in [-0.2, 0) is 9.31 Å². The van der Waals surface area contributed by atoms with E-state index in [-0.39, 0.29) is 45.0 Å². The van der Waals surface area contributed by atoms with Crippen LogP contribution >= 0.6 is 23.2 Å². The number of nitrogens with zero attached hydrogens (tertiary/aromatic N) is 12. The van der Waals surface area contributed by atoms with Crippen LogP contribution in [0.5, 0.6) is 0 Å². The highest BCUT2D eigenvalue weighted by Crippen LogP contribution is 2.38. The largest absolute Gasteiger partial charge is 0.494 e. The Morgan fingerprint density at radius 1 is 0.519 bits per heavy atom. The summed E-state index contributed by atoms with van der Waals surface area (Å²) in [6.07, 6.45) is 16.1. The molecule has 5 saturated heterocycles. The normalized spacial score (nSPS) is 15.4. The first kappa shape index (κ1) is 83.0. The number of Topliss-reactive ketones (excluding diaryl/α,β-unsaturated/α-hetero) is 2. The van der Waals surface area contributed by atoms with E-state index in [0.717, 1.165) is 117 Å². The smallest absolute Gasteiger partial charge is 0.399 e. The number of nitriles is 4. The molecule has 106 heavy (non-hydrogen) atoms. The fourth-order valence-electron chi connectivity index (χ4n) is 12.7. The minimum atomic E-state index is -0.526. The van der Waals surface area contributed by atoms with Crippen molar-refractivity contribution in [3.8, 4) is 46.8 Å². The van der Waals surface area contributed by atoms with Crippen LogP contribution in [0, 0.1) is 56.2 Å². The summed E-state index contributed by atoms with van der Waals surface area (Å²) in [7, 11) is -0.417. The molecule has 0 radical (unpaired) electrons. The second-order valence-electron chi connectivity index (χ2n) is 29.4. The molecule has 9 heterocycles. The Kier molecular flexibility index (Phi) is 27.5. The number of anilines is 5. The fraction of sp³-hybridized carbons (Fsp3) is 0.402. The maximum atomic E-state index is 12.8. The van der Waals surface area contributed by atoms with Gasteiger partial charge in [0.25, 0.3) is 0 Å². The second kappa shape index (κ2) is 35.2. The number of primary amides is 1. The van der Waals surface area contributed by atoms with Gasteiger partial charge >= 0.3 is 7.12 Å². The number of aromatic nitrogens is 6. The number of hydrogen-bond acceptors (Lipinski definition) is 18. The van der Waals surface area contributed by atoms with Gasteiger partial charge in [-0.15, -0.1) is 0 Å². The third-order valence-corrected chi connectivity index (χ3v) is 19.5. The topological polar surface area (TPSA) is 313 Å². The van der Waals surface area contributed by atoms with Crippen molar-refractivity contribution in [3.63, 3.8) is 0 Å². The second-order valence-corrected chi connectivity index (χ2v) is 30.3. The fourth-order valence-corrected chi connectivity index (χ4v) is 13.2. The first-order valence-electron chi connectivity index (χ1n) is 34.8. The van der Waals surface area contributed by atoms with Gasteiger partial charge < -0.3 is 50.3 Å². The maximum absolute atomic E-state index is 12.8. The Hall–Kier alpha value is -10.3. The Balaban J connectivity index is 0.000000191. The number of carbonyl (C=O) groups is 3. The molecule has 24 heteroatoms. The molecule has 21 nitrogen and oxygen atoms in total. The molecule has 5 aliphatic rings. The number of nitrogen functional groups attached to an aromatic ring is 1. The summed E-state index contributed by atoms with van der Waals surface area (Å²) < 4.78 is 12.2. The summed E-state index contributed by atoms with van der Waals surface area (Å²) >= 11 is 11.5. The minimum Gasteiger partial charge on any atom is -0.399 e. The molecule has 0 bridgehead atoms. The molecule has 5 fully saturated rings. The summed E-state index contributed by atoms with van der Waals surface area (Å²) in [6, 6.07) is 36.1. The molecule has 14 rings (SSSR count). The SMILES string of the molecule is C.C.C.CC(C)(C)C(=O)c1c[nH]c2ncc(-c3cc(C(N)=O)cc(N4CCCC4)c3)nc12.CC(C)(C)C(=O)c1c[nH]c2ncc(-c3ccc(C#N)c(N4CCCC4)c3)nc12.CC1(C)OB(c2cc(C#N)cc(N3CCCC3)c2)OC1(C)C.N#Cc1cc(Cl)cc(N2CCCC2)c1.N#Cc1cc(N)cc(Cl)c1. The van der Waals surface area contributed by atoms with E-state index in [1.807, 2.05) is 130 Å². The molecule has 0 saturated carbocycles. The number of H-pyrrole nitrogens is 2. The van der Waals surface area contributed by atoms with Crippen molar-refractivity contribution >= 4 is 104 Å². The molecule has 5 aliphatic heterocycles. The van der Waals surface area contributed by atoms with E-state index in [1.165, 1.54) is 25.7 Å². The van der Waals surface area contributed by atoms with Crippen LogP contribution in [0.4, 0.5) is 28.4 Å². The van der Waals surface area contributed by atoms with E-state index in [4.69, 9.17) is 64.5 Å². The molecule has 0 aliphatic carbocycles. The number of fused-ring (bicyclic) bond motifs is 2. The van der Waals surface area contributed by atoms with Crippen LogP contribution < -0.4 is 36.5 Å². The average molecular weight is 1470 g/mol. The standard InChI is InChI=1S/C22H25N5O2.C22H23N5O.C17H23BN2O2.C11H11ClN2.C7H5ClN2.3CH4/c1-22(2,3)19(28)16-11-24-21-18(16)26-17(12-25-21)13-8-14(20(23)29)10-15(9-13)27-6-4-5-7-27;1-22(2,3)20(28)16-12-24-21-19(16)26-17(13-25-21)14-6-7-15(11-23)18(10-14)27-8-4-5-9-27;1-16(2)17(3,4)22-18(21-16)14-9-13(12-19)10-15(11-14)20-7-5-6-8-20;12-10-5-9(8-13)6-11(7-10)14-3-1-2-4-14;8-6-1-5(4-9)2-7(10)3-6;;;/h8-12H,4-7H2,1-3H3,(H2,23,29)(H,24,25);6-7,10,12-13H,4-5,8-9H2,1-3H3,(H,24,25);9-11H,5-8H2,1-4H3;5-7H,1-4H2;1-3H,10H2;3*1H4. The average Bonchev–Trinajstić information content (AvgIpc) is 1.57. The lowest BCUT2D eigenvalue weighted by Crippen LogP contribution is -2.41. The molecule has 0 unspecified atom stereocenters. The summed E-state index contributed by atoms with van der Waals surface area (Å²) in [6.45, 7) is 27.6. The Morgan fingerprint density at radius 3 is 1.37 bits per heavy atom. The van der Waals surface area contributed by atoms with Crippen molar-refractivity contribution in [1.82, 2.24) is 29.9 Å². The maximum Gasteiger partial charge on any atom is 0.494 e. The molecule has 6 N–H and O–H groups in total. The monoisotopic (exact) mass is 1470 g/mol. The van der Waals surface area contributed by atoms with Crippen LogP contribution in [0.15, 0.2) is 116 Å². The highest BCUT2D eigenvalue weighted by Gasteiger charge is 2.52. The van der Waals surface area contributed by atoms with Gasteiger partial charge in [-0.05, 0) is 169 Å². The van der Waals surface area contributed by atoms with Gasteiger partial charge in [0.05, 0.1) is 92.3 Å². The van der Waals surface area contributed by atoms with Gasteiger partial charge in [-0.2, -0.15) is 21.0 Å². The van der Waals surface area contributed by atoms with Gasteiger partial charge in [-0.25, -0.2) is 19.9 Å². The lowest BCUT2D eigenvalue weighted by molar-refractivity contribution is 0.00578. The number of benzene rings is 5. The van der Waals surface area contributed by atoms with E-state index in [0.29, 0.717) is 88.4 Å². The number of halogens is 2. The van der Waals surface area contributed by atoms with Crippen LogP contribution in [0.25, 0.3) is 44.8 Å². The Bertz CT molecular complexity index is 4770. The summed E-state index contributed by atoms with van der Waals surface area (Å²) in [4.78, 5) is 71.0. The van der Waals surface area contributed by atoms with Crippen molar-refractivity contribution in [2.75, 3.05) is 77.7 Å². The number of aromatic amines is 2. The van der Waals surface area contributed by atoms with Crippen LogP contribution in [0.3, 0.4) is 0 Å². The first-order valence-corrected chi connectivity index (χ1v) is 35.6. The number of amides is 1.